The summed E-state index contributed by atoms with van der Waals surface area (Å²) >= 11 is 0. The van der Waals surface area contributed by atoms with Gasteiger partial charge in [0.1, 0.15) is 12.4 Å². The van der Waals surface area contributed by atoms with Crippen molar-refractivity contribution >= 4 is 17.8 Å². The lowest BCUT2D eigenvalue weighted by Crippen LogP contribution is -2.40. The van der Waals surface area contributed by atoms with Crippen LogP contribution in [0.3, 0.4) is 0 Å². The van der Waals surface area contributed by atoms with E-state index >= 15 is 0 Å². The largest absolute Gasteiger partial charge is 0.375 e. The molecule has 1 aliphatic heterocycles. The number of nitrogens with zero attached hydrogens (tertiary/aromatic N) is 4. The number of methoxy groups -OCH3 is 1. The van der Waals surface area contributed by atoms with Gasteiger partial charge in [-0.2, -0.15) is 5.10 Å². The molecule has 1 fully saturated rings. The van der Waals surface area contributed by atoms with Crippen LogP contribution in [0.2, 0.25) is 0 Å². The van der Waals surface area contributed by atoms with Crippen molar-refractivity contribution in [1.29, 1.82) is 0 Å². The number of carbonyl (C=O) groups excluding carboxylic acids is 2. The molecule has 3 rings (SSSR count). The first kappa shape index (κ1) is 18.9. The second-order valence-electron chi connectivity index (χ2n) is 6.48. The first-order chi connectivity index (χ1) is 13.1. The minimum Gasteiger partial charge on any atom is -0.375 e. The lowest BCUT2D eigenvalue weighted by Gasteiger charge is -2.22. The lowest BCUT2D eigenvalue weighted by molar-refractivity contribution is -0.134. The Labute approximate surface area is 158 Å². The van der Waals surface area contributed by atoms with E-state index in [0.29, 0.717) is 32.0 Å². The van der Waals surface area contributed by atoms with Gasteiger partial charge in [-0.1, -0.05) is 30.3 Å². The predicted molar refractivity (Wildman–Crippen MR) is 102 cm³/mol. The third-order valence-electron chi connectivity index (χ3n) is 4.65. The fraction of sp³-hybridized carbons (Fsp3) is 0.421. The van der Waals surface area contributed by atoms with Crippen LogP contribution in [0.25, 0.3) is 11.1 Å². The van der Waals surface area contributed by atoms with Crippen LogP contribution in [-0.4, -0.2) is 71.4 Å². The standard InChI is InChI=1S/C19H25N5O3/c1-22-18(16(13-20-22)15-7-4-3-5-8-15)21-19(26)24-10-6-9-23(11-12-24)17(25)14-27-2/h3-5,7-8,13H,6,9-12,14H2,1-2H3,(H,21,26). The van der Waals surface area contributed by atoms with E-state index in [9.17, 15) is 9.59 Å². The van der Waals surface area contributed by atoms with Crippen LogP contribution >= 0.6 is 0 Å². The summed E-state index contributed by atoms with van der Waals surface area (Å²) in [6, 6.07) is 9.64. The van der Waals surface area contributed by atoms with Crippen LogP contribution in [0.15, 0.2) is 36.5 Å². The molecule has 0 unspecified atom stereocenters. The summed E-state index contributed by atoms with van der Waals surface area (Å²) in [4.78, 5) is 28.3. The van der Waals surface area contributed by atoms with Crippen LogP contribution < -0.4 is 5.32 Å². The minimum absolute atomic E-state index is 0.0437. The van der Waals surface area contributed by atoms with Gasteiger partial charge in [0, 0.05) is 45.9 Å². The van der Waals surface area contributed by atoms with Crippen LogP contribution in [0.4, 0.5) is 10.6 Å². The summed E-state index contributed by atoms with van der Waals surface area (Å²) in [5.74, 6) is 0.612. The van der Waals surface area contributed by atoms with Crippen molar-refractivity contribution in [3.63, 3.8) is 0 Å². The third-order valence-corrected chi connectivity index (χ3v) is 4.65. The Kier molecular flexibility index (Phi) is 6.08. The van der Waals surface area contributed by atoms with E-state index in [1.165, 1.54) is 7.11 Å². The summed E-state index contributed by atoms with van der Waals surface area (Å²) in [6.07, 6.45) is 2.48. The van der Waals surface area contributed by atoms with Crippen molar-refractivity contribution < 1.29 is 14.3 Å². The summed E-state index contributed by atoms with van der Waals surface area (Å²) < 4.78 is 6.58. The van der Waals surface area contributed by atoms with Gasteiger partial charge in [-0.25, -0.2) is 4.79 Å². The van der Waals surface area contributed by atoms with E-state index in [-0.39, 0.29) is 18.5 Å². The maximum absolute atomic E-state index is 12.8. The number of benzene rings is 1. The molecule has 2 heterocycles. The number of urea groups is 1. The van der Waals surface area contributed by atoms with Crippen LogP contribution in [0.1, 0.15) is 6.42 Å². The summed E-state index contributed by atoms with van der Waals surface area (Å²) in [5.41, 5.74) is 1.87. The Morgan fingerprint density at radius 1 is 1.11 bits per heavy atom. The minimum atomic E-state index is -0.183. The molecule has 0 saturated carbocycles. The normalized spacial score (nSPS) is 14.7. The van der Waals surface area contributed by atoms with Crippen LogP contribution in [0.5, 0.6) is 0 Å². The zero-order valence-corrected chi connectivity index (χ0v) is 15.7. The first-order valence-electron chi connectivity index (χ1n) is 9.00. The van der Waals surface area contributed by atoms with Gasteiger partial charge in [-0.15, -0.1) is 0 Å². The van der Waals surface area contributed by atoms with Crippen LogP contribution in [-0.2, 0) is 16.6 Å². The van der Waals surface area contributed by atoms with Crippen molar-refractivity contribution in [3.8, 4) is 11.1 Å². The molecule has 0 radical (unpaired) electrons. The molecule has 1 aromatic heterocycles. The van der Waals surface area contributed by atoms with Crippen molar-refractivity contribution in [2.75, 3.05) is 45.2 Å². The van der Waals surface area contributed by atoms with Crippen molar-refractivity contribution in [2.45, 2.75) is 6.42 Å². The molecule has 1 aliphatic rings. The van der Waals surface area contributed by atoms with E-state index in [1.54, 1.807) is 27.7 Å². The van der Waals surface area contributed by atoms with Gasteiger partial charge in [0.15, 0.2) is 0 Å². The summed E-state index contributed by atoms with van der Waals surface area (Å²) in [7, 11) is 3.31. The first-order valence-corrected chi connectivity index (χ1v) is 9.00. The monoisotopic (exact) mass is 371 g/mol. The zero-order valence-electron chi connectivity index (χ0n) is 15.7. The van der Waals surface area contributed by atoms with E-state index in [1.807, 2.05) is 30.3 Å². The highest BCUT2D eigenvalue weighted by atomic mass is 16.5. The number of hydrogen-bond donors (Lipinski definition) is 1. The molecule has 144 valence electrons. The predicted octanol–water partition coefficient (Wildman–Crippen LogP) is 1.80. The average Bonchev–Trinajstić information content (AvgIpc) is 2.88. The number of anilines is 1. The second-order valence-corrected chi connectivity index (χ2v) is 6.48. The van der Waals surface area contributed by atoms with Gasteiger partial charge in [0.05, 0.1) is 6.20 Å². The summed E-state index contributed by atoms with van der Waals surface area (Å²) in [6.45, 7) is 2.29. The van der Waals surface area contributed by atoms with Gasteiger partial charge in [-0.05, 0) is 12.0 Å². The highest BCUT2D eigenvalue weighted by Crippen LogP contribution is 2.27. The highest BCUT2D eigenvalue weighted by Gasteiger charge is 2.23. The number of aryl methyl sites for hydroxylation is 1. The fourth-order valence-electron chi connectivity index (χ4n) is 3.18. The summed E-state index contributed by atoms with van der Waals surface area (Å²) in [5, 5.41) is 7.27. The Morgan fingerprint density at radius 2 is 1.81 bits per heavy atom. The molecular formula is C19H25N5O3. The maximum Gasteiger partial charge on any atom is 0.323 e. The number of ether oxygens (including phenoxy) is 1. The Morgan fingerprint density at radius 3 is 2.56 bits per heavy atom. The quantitative estimate of drug-likeness (QED) is 0.889. The molecule has 8 nitrogen and oxygen atoms in total. The number of rotatable bonds is 4. The van der Waals surface area contributed by atoms with Gasteiger partial charge in [0.2, 0.25) is 5.91 Å². The lowest BCUT2D eigenvalue weighted by atomic mass is 10.1. The van der Waals surface area contributed by atoms with Gasteiger partial charge < -0.3 is 14.5 Å². The van der Waals surface area contributed by atoms with Gasteiger partial charge in [-0.3, -0.25) is 14.8 Å². The number of amides is 3. The Bertz CT molecular complexity index is 790. The molecule has 3 amide bonds. The topological polar surface area (TPSA) is 79.7 Å². The van der Waals surface area contributed by atoms with Gasteiger partial charge in [0.25, 0.3) is 0 Å². The maximum atomic E-state index is 12.8. The molecule has 27 heavy (non-hydrogen) atoms. The second kappa shape index (κ2) is 8.68. The number of aromatic nitrogens is 2. The van der Waals surface area contributed by atoms with E-state index < -0.39 is 0 Å². The van der Waals surface area contributed by atoms with Crippen molar-refractivity contribution in [2.24, 2.45) is 7.05 Å². The SMILES string of the molecule is COCC(=O)N1CCCN(C(=O)Nc2c(-c3ccccc3)cnn2C)CC1. The molecule has 1 saturated heterocycles. The molecule has 2 aromatic rings. The molecule has 1 aromatic carbocycles. The molecule has 0 atom stereocenters. The molecule has 1 N–H and O–H groups in total. The van der Waals surface area contributed by atoms with Crippen LogP contribution in [0, 0.1) is 0 Å². The molecule has 0 aliphatic carbocycles. The molecular weight excluding hydrogens is 346 g/mol. The van der Waals surface area contributed by atoms with Crippen molar-refractivity contribution in [3.05, 3.63) is 36.5 Å². The van der Waals surface area contributed by atoms with Gasteiger partial charge >= 0.3 is 6.03 Å². The fourth-order valence-corrected chi connectivity index (χ4v) is 3.18. The van der Waals surface area contributed by atoms with Crippen molar-refractivity contribution in [1.82, 2.24) is 19.6 Å². The molecule has 0 spiro atoms. The third kappa shape index (κ3) is 4.46. The molecule has 0 bridgehead atoms. The van der Waals surface area contributed by atoms with E-state index in [0.717, 1.165) is 17.5 Å². The Hall–Kier alpha value is -2.87. The van der Waals surface area contributed by atoms with E-state index in [2.05, 4.69) is 10.4 Å². The number of hydrogen-bond acceptors (Lipinski definition) is 4. The number of nitrogens with one attached hydrogen (secondary N) is 1. The number of carbonyl (C=O) groups is 2. The zero-order chi connectivity index (χ0) is 19.2. The smallest absolute Gasteiger partial charge is 0.323 e. The highest BCUT2D eigenvalue weighted by molar-refractivity contribution is 5.93. The van der Waals surface area contributed by atoms with E-state index in [4.69, 9.17) is 4.74 Å². The average molecular weight is 371 g/mol. The Balaban J connectivity index is 1.68. The molecule has 8 heteroatoms.